The largest absolute Gasteiger partial charge is 0.481 e. The molecule has 2 rings (SSSR count). The Bertz CT molecular complexity index is 246. The minimum atomic E-state index is -0.643. The number of piperidine rings is 1. The molecule has 1 atom stereocenters. The molecule has 0 radical (unpaired) electrons. The van der Waals surface area contributed by atoms with E-state index in [1.54, 1.807) is 0 Å². The first-order valence-corrected chi connectivity index (χ1v) is 7.91. The topological polar surface area (TPSA) is 40.5 Å². The molecular weight excluding hydrogens is 234 g/mol. The predicted octanol–water partition coefficient (Wildman–Crippen LogP) is 2.32. The van der Waals surface area contributed by atoms with Gasteiger partial charge in [-0.25, -0.2) is 0 Å². The minimum Gasteiger partial charge on any atom is -0.481 e. The second-order valence-electron chi connectivity index (χ2n) is 5.41. The fraction of sp³-hybridized carbons (Fsp3) is 0.923. The second-order valence-corrected chi connectivity index (χ2v) is 6.56. The van der Waals surface area contributed by atoms with Crippen LogP contribution in [-0.2, 0) is 4.79 Å². The van der Waals surface area contributed by atoms with E-state index < -0.39 is 5.97 Å². The van der Waals surface area contributed by atoms with Gasteiger partial charge in [0, 0.05) is 13.0 Å². The summed E-state index contributed by atoms with van der Waals surface area (Å²) in [6, 6.07) is 0. The van der Waals surface area contributed by atoms with Gasteiger partial charge in [-0.1, -0.05) is 0 Å². The quantitative estimate of drug-likeness (QED) is 0.820. The van der Waals surface area contributed by atoms with Crippen molar-refractivity contribution in [1.29, 1.82) is 0 Å². The van der Waals surface area contributed by atoms with Crippen LogP contribution in [0.5, 0.6) is 0 Å². The lowest BCUT2D eigenvalue weighted by Crippen LogP contribution is -2.37. The molecule has 0 aromatic rings. The standard InChI is InChI=1S/C13H23NO2S/c15-13(16)2-1-11-3-6-14(7-4-11)9-12-5-8-17-10-12/h11-12H,1-10H2,(H,15,16). The summed E-state index contributed by atoms with van der Waals surface area (Å²) in [4.78, 5) is 13.1. The molecule has 3 nitrogen and oxygen atoms in total. The number of nitrogens with zero attached hydrogens (tertiary/aromatic N) is 1. The number of carboxylic acid groups (broad SMARTS) is 1. The van der Waals surface area contributed by atoms with Crippen LogP contribution in [0.15, 0.2) is 0 Å². The highest BCUT2D eigenvalue weighted by atomic mass is 32.2. The van der Waals surface area contributed by atoms with Gasteiger partial charge in [-0.2, -0.15) is 11.8 Å². The normalized spacial score (nSPS) is 27.4. The van der Waals surface area contributed by atoms with E-state index in [4.69, 9.17) is 5.11 Å². The molecule has 2 heterocycles. The van der Waals surface area contributed by atoms with E-state index in [1.807, 2.05) is 0 Å². The van der Waals surface area contributed by atoms with Gasteiger partial charge in [-0.15, -0.1) is 0 Å². The van der Waals surface area contributed by atoms with Crippen molar-refractivity contribution in [2.75, 3.05) is 31.1 Å². The summed E-state index contributed by atoms with van der Waals surface area (Å²) in [6.45, 7) is 3.65. The molecule has 0 spiro atoms. The maximum Gasteiger partial charge on any atom is 0.303 e. The zero-order chi connectivity index (χ0) is 12.1. The summed E-state index contributed by atoms with van der Waals surface area (Å²) < 4.78 is 0. The van der Waals surface area contributed by atoms with Gasteiger partial charge in [-0.05, 0) is 62.1 Å². The van der Waals surface area contributed by atoms with Crippen LogP contribution in [-0.4, -0.2) is 47.1 Å². The van der Waals surface area contributed by atoms with Crippen molar-refractivity contribution in [1.82, 2.24) is 4.90 Å². The Labute approximate surface area is 108 Å². The van der Waals surface area contributed by atoms with Crippen molar-refractivity contribution < 1.29 is 9.90 Å². The van der Waals surface area contributed by atoms with Crippen LogP contribution in [0.4, 0.5) is 0 Å². The molecule has 2 aliphatic rings. The number of hydrogen-bond acceptors (Lipinski definition) is 3. The predicted molar refractivity (Wildman–Crippen MR) is 71.5 cm³/mol. The summed E-state index contributed by atoms with van der Waals surface area (Å²) in [5.41, 5.74) is 0. The highest BCUT2D eigenvalue weighted by Crippen LogP contribution is 2.27. The molecule has 98 valence electrons. The molecule has 0 aliphatic carbocycles. The van der Waals surface area contributed by atoms with Crippen LogP contribution in [0, 0.1) is 11.8 Å². The Hall–Kier alpha value is -0.220. The van der Waals surface area contributed by atoms with Crippen molar-refractivity contribution in [3.8, 4) is 0 Å². The van der Waals surface area contributed by atoms with E-state index in [-0.39, 0.29) is 0 Å². The number of carbonyl (C=O) groups is 1. The molecule has 2 fully saturated rings. The van der Waals surface area contributed by atoms with Crippen molar-refractivity contribution in [3.63, 3.8) is 0 Å². The zero-order valence-corrected chi connectivity index (χ0v) is 11.3. The molecule has 2 saturated heterocycles. The highest BCUT2D eigenvalue weighted by Gasteiger charge is 2.23. The lowest BCUT2D eigenvalue weighted by molar-refractivity contribution is -0.137. The number of rotatable bonds is 5. The Morgan fingerprint density at radius 2 is 2.00 bits per heavy atom. The van der Waals surface area contributed by atoms with Gasteiger partial charge < -0.3 is 10.0 Å². The van der Waals surface area contributed by atoms with Crippen molar-refractivity contribution in [2.45, 2.75) is 32.1 Å². The van der Waals surface area contributed by atoms with Gasteiger partial charge in [-0.3, -0.25) is 4.79 Å². The molecule has 4 heteroatoms. The van der Waals surface area contributed by atoms with E-state index >= 15 is 0 Å². The third-order valence-corrected chi connectivity index (χ3v) is 5.25. The van der Waals surface area contributed by atoms with Crippen molar-refractivity contribution >= 4 is 17.7 Å². The van der Waals surface area contributed by atoms with Crippen LogP contribution in [0.25, 0.3) is 0 Å². The first-order chi connectivity index (χ1) is 8.24. The molecule has 0 bridgehead atoms. The molecule has 0 saturated carbocycles. The molecule has 1 N–H and O–H groups in total. The Kier molecular flexibility index (Phi) is 5.16. The SMILES string of the molecule is O=C(O)CCC1CCN(CC2CCSC2)CC1. The summed E-state index contributed by atoms with van der Waals surface area (Å²) in [5, 5.41) is 8.67. The molecule has 1 unspecified atom stereocenters. The average Bonchev–Trinajstić information content (AvgIpc) is 2.81. The van der Waals surface area contributed by atoms with Crippen LogP contribution in [0.2, 0.25) is 0 Å². The lowest BCUT2D eigenvalue weighted by Gasteiger charge is -2.33. The molecule has 0 aromatic heterocycles. The van der Waals surface area contributed by atoms with Crippen molar-refractivity contribution in [2.24, 2.45) is 11.8 Å². The second kappa shape index (κ2) is 6.64. The minimum absolute atomic E-state index is 0.351. The Morgan fingerprint density at radius 1 is 1.24 bits per heavy atom. The molecule has 0 aromatic carbocycles. The summed E-state index contributed by atoms with van der Waals surface area (Å²) in [6.07, 6.45) is 5.02. The van der Waals surface area contributed by atoms with E-state index in [9.17, 15) is 4.79 Å². The molecule has 0 amide bonds. The van der Waals surface area contributed by atoms with Crippen LogP contribution in [0.3, 0.4) is 0 Å². The number of carboxylic acids is 1. The first kappa shape index (κ1) is 13.2. The summed E-state index contributed by atoms with van der Waals surface area (Å²) in [7, 11) is 0. The monoisotopic (exact) mass is 257 g/mol. The number of likely N-dealkylation sites (tertiary alicyclic amines) is 1. The van der Waals surface area contributed by atoms with Crippen LogP contribution < -0.4 is 0 Å². The fourth-order valence-electron chi connectivity index (χ4n) is 2.88. The summed E-state index contributed by atoms with van der Waals surface area (Å²) in [5.74, 6) is 3.62. The maximum atomic E-state index is 10.5. The van der Waals surface area contributed by atoms with Crippen LogP contribution in [0.1, 0.15) is 32.1 Å². The van der Waals surface area contributed by atoms with E-state index in [2.05, 4.69) is 16.7 Å². The van der Waals surface area contributed by atoms with E-state index in [0.717, 1.165) is 12.3 Å². The zero-order valence-electron chi connectivity index (χ0n) is 10.4. The Balaban J connectivity index is 1.61. The number of thioether (sulfide) groups is 1. The van der Waals surface area contributed by atoms with Gasteiger partial charge in [0.15, 0.2) is 0 Å². The lowest BCUT2D eigenvalue weighted by atomic mass is 9.91. The van der Waals surface area contributed by atoms with Gasteiger partial charge in [0.1, 0.15) is 0 Å². The maximum absolute atomic E-state index is 10.5. The number of aliphatic carboxylic acids is 1. The van der Waals surface area contributed by atoms with E-state index in [0.29, 0.717) is 12.3 Å². The van der Waals surface area contributed by atoms with E-state index in [1.165, 1.54) is 50.4 Å². The smallest absolute Gasteiger partial charge is 0.303 e. The Morgan fingerprint density at radius 3 is 2.59 bits per heavy atom. The average molecular weight is 257 g/mol. The van der Waals surface area contributed by atoms with Gasteiger partial charge in [0.2, 0.25) is 0 Å². The molecule has 17 heavy (non-hydrogen) atoms. The number of hydrogen-bond donors (Lipinski definition) is 1. The van der Waals surface area contributed by atoms with Gasteiger partial charge in [0.05, 0.1) is 0 Å². The molecule has 2 aliphatic heterocycles. The summed E-state index contributed by atoms with van der Waals surface area (Å²) >= 11 is 2.09. The third kappa shape index (κ3) is 4.51. The molecular formula is C13H23NO2S. The van der Waals surface area contributed by atoms with Gasteiger partial charge in [0.25, 0.3) is 0 Å². The fourth-order valence-corrected chi connectivity index (χ4v) is 4.15. The first-order valence-electron chi connectivity index (χ1n) is 6.76. The highest BCUT2D eigenvalue weighted by molar-refractivity contribution is 7.99. The van der Waals surface area contributed by atoms with Crippen LogP contribution >= 0.6 is 11.8 Å². The third-order valence-electron chi connectivity index (χ3n) is 4.01. The van der Waals surface area contributed by atoms with Gasteiger partial charge >= 0.3 is 5.97 Å². The van der Waals surface area contributed by atoms with Crippen molar-refractivity contribution in [3.05, 3.63) is 0 Å².